The van der Waals surface area contributed by atoms with Gasteiger partial charge in [0, 0.05) is 4.88 Å². The van der Waals surface area contributed by atoms with Gasteiger partial charge in [0.1, 0.15) is 5.58 Å². The van der Waals surface area contributed by atoms with Crippen molar-refractivity contribution in [3.63, 3.8) is 0 Å². The van der Waals surface area contributed by atoms with Crippen LogP contribution in [0.3, 0.4) is 0 Å². The van der Waals surface area contributed by atoms with Gasteiger partial charge in [-0.1, -0.05) is 6.07 Å². The number of carboxylic acid groups (broad SMARTS) is 1. The van der Waals surface area contributed by atoms with Crippen LogP contribution in [0.4, 0.5) is 0 Å². The summed E-state index contributed by atoms with van der Waals surface area (Å²) >= 11 is 1.56. The van der Waals surface area contributed by atoms with Crippen LogP contribution in [0.2, 0.25) is 0 Å². The van der Waals surface area contributed by atoms with Gasteiger partial charge in [0.2, 0.25) is 11.2 Å². The summed E-state index contributed by atoms with van der Waals surface area (Å²) in [6.45, 7) is 2.07. The van der Waals surface area contributed by atoms with Gasteiger partial charge in [0.25, 0.3) is 0 Å². The van der Waals surface area contributed by atoms with Crippen LogP contribution in [-0.2, 0) is 0 Å². The van der Waals surface area contributed by atoms with E-state index in [-0.39, 0.29) is 22.1 Å². The van der Waals surface area contributed by atoms with Crippen LogP contribution in [-0.4, -0.2) is 17.7 Å². The Morgan fingerprint density at radius 1 is 1.33 bits per heavy atom. The Morgan fingerprint density at radius 2 is 2.17 bits per heavy atom. The first kappa shape index (κ1) is 16.0. The van der Waals surface area contributed by atoms with Gasteiger partial charge < -0.3 is 14.3 Å². The van der Waals surface area contributed by atoms with Crippen LogP contribution in [0.25, 0.3) is 23.1 Å². The second-order valence-corrected chi connectivity index (χ2v) is 5.90. The largest absolute Gasteiger partial charge is 0.487 e. The molecule has 1 N–H and O–H groups in total. The highest BCUT2D eigenvalue weighted by atomic mass is 32.1. The fourth-order valence-corrected chi connectivity index (χ4v) is 2.88. The summed E-state index contributed by atoms with van der Waals surface area (Å²) in [5.41, 5.74) is -0.0366. The molecule has 0 bridgehead atoms. The summed E-state index contributed by atoms with van der Waals surface area (Å²) in [5.74, 6) is -0.706. The van der Waals surface area contributed by atoms with Gasteiger partial charge in [-0.25, -0.2) is 4.79 Å². The molecular weight excluding hydrogens is 328 g/mol. The zero-order valence-electron chi connectivity index (χ0n) is 12.8. The quantitative estimate of drug-likeness (QED) is 0.755. The van der Waals surface area contributed by atoms with E-state index in [1.165, 1.54) is 18.2 Å². The first-order valence-electron chi connectivity index (χ1n) is 7.28. The summed E-state index contributed by atoms with van der Waals surface area (Å²) in [5, 5.41) is 11.2. The molecule has 6 heteroatoms. The third-order valence-electron chi connectivity index (χ3n) is 3.35. The normalized spacial score (nSPS) is 11.2. The van der Waals surface area contributed by atoms with Crippen molar-refractivity contribution in [1.82, 2.24) is 0 Å². The highest BCUT2D eigenvalue weighted by molar-refractivity contribution is 7.10. The molecule has 0 fully saturated rings. The molecule has 2 aromatic heterocycles. The zero-order chi connectivity index (χ0) is 17.1. The summed E-state index contributed by atoms with van der Waals surface area (Å²) in [6, 6.07) is 8.06. The van der Waals surface area contributed by atoms with E-state index in [1.807, 2.05) is 23.6 Å². The first-order valence-corrected chi connectivity index (χ1v) is 8.16. The molecule has 0 aliphatic rings. The summed E-state index contributed by atoms with van der Waals surface area (Å²) in [6.07, 6.45) is 3.52. The molecule has 3 aromatic rings. The molecule has 24 heavy (non-hydrogen) atoms. The van der Waals surface area contributed by atoms with E-state index >= 15 is 0 Å². The van der Waals surface area contributed by atoms with E-state index in [0.29, 0.717) is 18.0 Å². The first-order chi connectivity index (χ1) is 11.6. The standard InChI is InChI=1S/C18H14O5S/c1-2-22-17-15(8-6-12-4-3-9-24-12)23-14-7-5-11(18(20)21)10-13(14)16(17)19/h3-10H,2H2,1H3,(H,20,21)/b8-6+. The van der Waals surface area contributed by atoms with E-state index in [0.717, 1.165) is 4.88 Å². The number of fused-ring (bicyclic) bond motifs is 1. The van der Waals surface area contributed by atoms with Crippen LogP contribution in [0.5, 0.6) is 5.75 Å². The molecule has 0 spiro atoms. The van der Waals surface area contributed by atoms with Crippen molar-refractivity contribution in [2.24, 2.45) is 0 Å². The maximum Gasteiger partial charge on any atom is 0.335 e. The molecule has 0 saturated heterocycles. The Labute approximate surface area is 141 Å². The molecule has 0 saturated carbocycles. The van der Waals surface area contributed by atoms with Gasteiger partial charge in [-0.05, 0) is 48.7 Å². The Balaban J connectivity index is 2.18. The molecule has 1 aromatic carbocycles. The minimum atomic E-state index is -1.10. The van der Waals surface area contributed by atoms with E-state index in [9.17, 15) is 9.59 Å². The summed E-state index contributed by atoms with van der Waals surface area (Å²) in [7, 11) is 0. The number of thiophene rings is 1. The topological polar surface area (TPSA) is 76.7 Å². The Morgan fingerprint density at radius 3 is 2.83 bits per heavy atom. The number of carboxylic acids is 1. The third-order valence-corrected chi connectivity index (χ3v) is 4.19. The molecule has 0 radical (unpaired) electrons. The number of hydrogen-bond donors (Lipinski definition) is 1. The molecule has 2 heterocycles. The summed E-state index contributed by atoms with van der Waals surface area (Å²) in [4.78, 5) is 24.8. The number of ether oxygens (including phenoxy) is 1. The van der Waals surface area contributed by atoms with Gasteiger partial charge in [-0.3, -0.25) is 4.79 Å². The van der Waals surface area contributed by atoms with E-state index in [4.69, 9.17) is 14.3 Å². The van der Waals surface area contributed by atoms with Crippen LogP contribution < -0.4 is 10.2 Å². The molecule has 0 unspecified atom stereocenters. The van der Waals surface area contributed by atoms with Crippen molar-refractivity contribution in [2.45, 2.75) is 6.92 Å². The number of rotatable bonds is 5. The van der Waals surface area contributed by atoms with Gasteiger partial charge in [-0.2, -0.15) is 0 Å². The van der Waals surface area contributed by atoms with Crippen molar-refractivity contribution in [3.8, 4) is 5.75 Å². The minimum absolute atomic E-state index is 0.0270. The van der Waals surface area contributed by atoms with Gasteiger partial charge in [0.05, 0.1) is 17.6 Å². The Hall–Kier alpha value is -2.86. The van der Waals surface area contributed by atoms with E-state index in [1.54, 1.807) is 24.3 Å². The lowest BCUT2D eigenvalue weighted by Gasteiger charge is -2.08. The molecule has 0 atom stereocenters. The number of benzene rings is 1. The van der Waals surface area contributed by atoms with E-state index in [2.05, 4.69) is 0 Å². The third kappa shape index (κ3) is 3.09. The molecule has 122 valence electrons. The molecule has 0 aliphatic carbocycles. The van der Waals surface area contributed by atoms with E-state index < -0.39 is 5.97 Å². The lowest BCUT2D eigenvalue weighted by molar-refractivity contribution is 0.0697. The fourth-order valence-electron chi connectivity index (χ4n) is 2.26. The number of aromatic carboxylic acids is 1. The lowest BCUT2D eigenvalue weighted by Crippen LogP contribution is -2.10. The molecule has 5 nitrogen and oxygen atoms in total. The lowest BCUT2D eigenvalue weighted by atomic mass is 10.1. The SMILES string of the molecule is CCOc1c(/C=C/c2cccs2)oc2ccc(C(=O)O)cc2c1=O. The zero-order valence-corrected chi connectivity index (χ0v) is 13.6. The second kappa shape index (κ2) is 6.72. The predicted octanol–water partition coefficient (Wildman–Crippen LogP) is 4.12. The van der Waals surface area contributed by atoms with Crippen LogP contribution in [0, 0.1) is 0 Å². The van der Waals surface area contributed by atoms with Crippen LogP contribution in [0.15, 0.2) is 44.9 Å². The van der Waals surface area contributed by atoms with Crippen molar-refractivity contribution in [1.29, 1.82) is 0 Å². The summed E-state index contributed by atoms with van der Waals surface area (Å²) < 4.78 is 11.2. The molecular formula is C18H14O5S. The van der Waals surface area contributed by atoms with Crippen molar-refractivity contribution >= 4 is 40.4 Å². The van der Waals surface area contributed by atoms with Crippen LogP contribution >= 0.6 is 11.3 Å². The monoisotopic (exact) mass is 342 g/mol. The Bertz CT molecular complexity index is 967. The maximum atomic E-state index is 12.7. The van der Waals surface area contributed by atoms with Gasteiger partial charge in [0.15, 0.2) is 5.76 Å². The molecule has 0 amide bonds. The average molecular weight is 342 g/mol. The van der Waals surface area contributed by atoms with Crippen molar-refractivity contribution in [2.75, 3.05) is 6.61 Å². The van der Waals surface area contributed by atoms with Gasteiger partial charge >= 0.3 is 5.97 Å². The minimum Gasteiger partial charge on any atom is -0.487 e. The average Bonchev–Trinajstić information content (AvgIpc) is 3.09. The fraction of sp³-hybridized carbons (Fsp3) is 0.111. The second-order valence-electron chi connectivity index (χ2n) is 4.92. The Kier molecular flexibility index (Phi) is 4.48. The number of carbonyl (C=O) groups is 1. The number of hydrogen-bond acceptors (Lipinski definition) is 5. The van der Waals surface area contributed by atoms with Gasteiger partial charge in [-0.15, -0.1) is 11.3 Å². The highest BCUT2D eigenvalue weighted by Gasteiger charge is 2.15. The van der Waals surface area contributed by atoms with Crippen LogP contribution in [0.1, 0.15) is 27.9 Å². The smallest absolute Gasteiger partial charge is 0.335 e. The maximum absolute atomic E-state index is 12.7. The predicted molar refractivity (Wildman–Crippen MR) is 93.9 cm³/mol. The highest BCUT2D eigenvalue weighted by Crippen LogP contribution is 2.24. The molecule has 0 aliphatic heterocycles. The molecule has 3 rings (SSSR count). The van der Waals surface area contributed by atoms with Crippen molar-refractivity contribution in [3.05, 3.63) is 62.1 Å². The van der Waals surface area contributed by atoms with Crippen molar-refractivity contribution < 1.29 is 19.1 Å².